The summed E-state index contributed by atoms with van der Waals surface area (Å²) in [6.07, 6.45) is 1.42. The van der Waals surface area contributed by atoms with Crippen molar-refractivity contribution >= 4 is 17.6 Å². The molecule has 1 aromatic heterocycles. The Morgan fingerprint density at radius 2 is 2.38 bits per heavy atom. The first-order valence-corrected chi connectivity index (χ1v) is 4.07. The van der Waals surface area contributed by atoms with Crippen LogP contribution in [0.3, 0.4) is 0 Å². The van der Waals surface area contributed by atoms with Crippen LogP contribution < -0.4 is 5.73 Å². The Kier molecular flexibility index (Phi) is 3.22. The molecule has 0 aliphatic rings. The van der Waals surface area contributed by atoms with Crippen LogP contribution in [0.1, 0.15) is 11.5 Å². The van der Waals surface area contributed by atoms with Crippen molar-refractivity contribution < 1.29 is 9.90 Å². The molecule has 1 atom stereocenters. The van der Waals surface area contributed by atoms with E-state index in [-0.39, 0.29) is 6.54 Å². The quantitative estimate of drug-likeness (QED) is 0.710. The van der Waals surface area contributed by atoms with E-state index in [1.54, 1.807) is 12.1 Å². The highest BCUT2D eigenvalue weighted by Gasteiger charge is 2.17. The Morgan fingerprint density at radius 3 is 2.77 bits per heavy atom. The van der Waals surface area contributed by atoms with E-state index in [2.05, 4.69) is 4.98 Å². The van der Waals surface area contributed by atoms with Crippen molar-refractivity contribution in [2.45, 2.75) is 5.92 Å². The van der Waals surface area contributed by atoms with E-state index in [1.165, 1.54) is 6.20 Å². The summed E-state index contributed by atoms with van der Waals surface area (Å²) < 4.78 is 0. The van der Waals surface area contributed by atoms with E-state index in [4.69, 9.17) is 22.4 Å². The third-order valence-electron chi connectivity index (χ3n) is 1.69. The lowest BCUT2D eigenvalue weighted by atomic mass is 10.0. The number of carboxylic acids is 1. The number of pyridine rings is 1. The van der Waals surface area contributed by atoms with Crippen LogP contribution in [0.15, 0.2) is 18.3 Å². The van der Waals surface area contributed by atoms with Crippen molar-refractivity contribution in [1.29, 1.82) is 0 Å². The fraction of sp³-hybridized carbons (Fsp3) is 0.250. The number of hydrogen-bond acceptors (Lipinski definition) is 3. The summed E-state index contributed by atoms with van der Waals surface area (Å²) in [4.78, 5) is 14.5. The third-order valence-corrected chi connectivity index (χ3v) is 1.91. The van der Waals surface area contributed by atoms with Gasteiger partial charge in [-0.05, 0) is 11.6 Å². The molecular formula is C8H9ClN2O2. The van der Waals surface area contributed by atoms with Gasteiger partial charge in [0.05, 0.1) is 5.92 Å². The van der Waals surface area contributed by atoms with Crippen LogP contribution in [-0.4, -0.2) is 22.6 Å². The highest BCUT2D eigenvalue weighted by atomic mass is 35.5. The second-order valence-electron chi connectivity index (χ2n) is 2.54. The van der Waals surface area contributed by atoms with Gasteiger partial charge in [0, 0.05) is 12.7 Å². The van der Waals surface area contributed by atoms with Gasteiger partial charge in [0.15, 0.2) is 0 Å². The van der Waals surface area contributed by atoms with Crippen LogP contribution in [0.5, 0.6) is 0 Å². The molecule has 0 amide bonds. The monoisotopic (exact) mass is 200 g/mol. The predicted octanol–water partition coefficient (Wildman–Crippen LogP) is 0.862. The van der Waals surface area contributed by atoms with Gasteiger partial charge in [-0.3, -0.25) is 4.79 Å². The van der Waals surface area contributed by atoms with E-state index in [9.17, 15) is 4.79 Å². The van der Waals surface area contributed by atoms with Crippen LogP contribution in [0.4, 0.5) is 0 Å². The lowest BCUT2D eigenvalue weighted by Crippen LogP contribution is -2.21. The van der Waals surface area contributed by atoms with Crippen molar-refractivity contribution in [3.05, 3.63) is 29.0 Å². The van der Waals surface area contributed by atoms with Gasteiger partial charge in [0.25, 0.3) is 0 Å². The fourth-order valence-corrected chi connectivity index (χ4v) is 1.08. The smallest absolute Gasteiger partial charge is 0.312 e. The summed E-state index contributed by atoms with van der Waals surface area (Å²) in [7, 11) is 0. The van der Waals surface area contributed by atoms with Crippen molar-refractivity contribution in [2.24, 2.45) is 5.73 Å². The molecule has 0 aromatic carbocycles. The summed E-state index contributed by atoms with van der Waals surface area (Å²) in [5.74, 6) is -1.66. The first kappa shape index (κ1) is 9.95. The number of nitrogens with zero attached hydrogens (tertiary/aromatic N) is 1. The number of carbonyl (C=O) groups is 1. The number of rotatable bonds is 3. The Labute approximate surface area is 80.3 Å². The van der Waals surface area contributed by atoms with Crippen molar-refractivity contribution in [3.8, 4) is 0 Å². The van der Waals surface area contributed by atoms with E-state index in [0.29, 0.717) is 10.7 Å². The highest BCUT2D eigenvalue weighted by molar-refractivity contribution is 6.29. The Morgan fingerprint density at radius 1 is 1.69 bits per heavy atom. The van der Waals surface area contributed by atoms with E-state index < -0.39 is 11.9 Å². The molecule has 0 bridgehead atoms. The van der Waals surface area contributed by atoms with Crippen LogP contribution in [0, 0.1) is 0 Å². The van der Waals surface area contributed by atoms with Gasteiger partial charge in [-0.25, -0.2) is 4.98 Å². The Bertz CT molecular complexity index is 300. The zero-order chi connectivity index (χ0) is 9.84. The molecule has 0 fully saturated rings. The average Bonchev–Trinajstić information content (AvgIpc) is 2.09. The molecule has 1 rings (SSSR count). The van der Waals surface area contributed by atoms with Gasteiger partial charge in [0.2, 0.25) is 0 Å². The van der Waals surface area contributed by atoms with Gasteiger partial charge < -0.3 is 10.8 Å². The molecule has 0 spiro atoms. The number of aliphatic carboxylic acids is 1. The second-order valence-corrected chi connectivity index (χ2v) is 2.93. The fourth-order valence-electron chi connectivity index (χ4n) is 0.973. The third kappa shape index (κ3) is 2.40. The molecule has 4 nitrogen and oxygen atoms in total. The number of carboxylic acid groups (broad SMARTS) is 1. The molecule has 1 aromatic rings. The van der Waals surface area contributed by atoms with Crippen molar-refractivity contribution in [2.75, 3.05) is 6.54 Å². The maximum absolute atomic E-state index is 10.7. The molecule has 0 radical (unpaired) electrons. The molecule has 0 aliphatic heterocycles. The summed E-state index contributed by atoms with van der Waals surface area (Å²) in [5.41, 5.74) is 5.87. The van der Waals surface area contributed by atoms with Gasteiger partial charge in [-0.1, -0.05) is 17.7 Å². The largest absolute Gasteiger partial charge is 0.481 e. The minimum absolute atomic E-state index is 0.0542. The zero-order valence-electron chi connectivity index (χ0n) is 6.77. The summed E-state index contributed by atoms with van der Waals surface area (Å²) in [6.45, 7) is 0.0542. The predicted molar refractivity (Wildman–Crippen MR) is 48.7 cm³/mol. The van der Waals surface area contributed by atoms with E-state index in [1.807, 2.05) is 0 Å². The minimum atomic E-state index is -0.952. The Hall–Kier alpha value is -1.13. The summed E-state index contributed by atoms with van der Waals surface area (Å²) in [5, 5.41) is 9.09. The standard InChI is InChI=1S/C8H9ClN2O2/c9-7-2-1-5(4-11-7)6(3-10)8(12)13/h1-2,4,6H,3,10H2,(H,12,13). The van der Waals surface area contributed by atoms with E-state index in [0.717, 1.165) is 0 Å². The van der Waals surface area contributed by atoms with Crippen LogP contribution in [0.25, 0.3) is 0 Å². The topological polar surface area (TPSA) is 76.2 Å². The molecule has 1 unspecified atom stereocenters. The SMILES string of the molecule is NCC(C(=O)O)c1ccc(Cl)nc1. The average molecular weight is 201 g/mol. The minimum Gasteiger partial charge on any atom is -0.481 e. The summed E-state index contributed by atoms with van der Waals surface area (Å²) >= 11 is 5.55. The summed E-state index contributed by atoms with van der Waals surface area (Å²) in [6, 6.07) is 3.16. The number of halogens is 1. The maximum atomic E-state index is 10.7. The van der Waals surface area contributed by atoms with Crippen LogP contribution in [-0.2, 0) is 4.79 Å². The zero-order valence-corrected chi connectivity index (χ0v) is 7.53. The van der Waals surface area contributed by atoms with Gasteiger partial charge in [-0.2, -0.15) is 0 Å². The molecule has 0 saturated carbocycles. The normalized spacial score (nSPS) is 12.5. The lowest BCUT2D eigenvalue weighted by Gasteiger charge is -2.08. The highest BCUT2D eigenvalue weighted by Crippen LogP contribution is 2.15. The van der Waals surface area contributed by atoms with Crippen molar-refractivity contribution in [1.82, 2.24) is 4.98 Å². The molecule has 0 saturated heterocycles. The van der Waals surface area contributed by atoms with Gasteiger partial charge >= 0.3 is 5.97 Å². The van der Waals surface area contributed by atoms with Gasteiger partial charge in [0.1, 0.15) is 5.15 Å². The Balaban J connectivity index is 2.92. The van der Waals surface area contributed by atoms with Crippen molar-refractivity contribution in [3.63, 3.8) is 0 Å². The van der Waals surface area contributed by atoms with Crippen LogP contribution in [0.2, 0.25) is 5.15 Å². The molecular weight excluding hydrogens is 192 g/mol. The van der Waals surface area contributed by atoms with E-state index >= 15 is 0 Å². The number of aromatic nitrogens is 1. The van der Waals surface area contributed by atoms with Crippen LogP contribution >= 0.6 is 11.6 Å². The maximum Gasteiger partial charge on any atom is 0.312 e. The number of nitrogens with two attached hydrogens (primary N) is 1. The van der Waals surface area contributed by atoms with Gasteiger partial charge in [-0.15, -0.1) is 0 Å². The lowest BCUT2D eigenvalue weighted by molar-refractivity contribution is -0.138. The molecule has 3 N–H and O–H groups in total. The second kappa shape index (κ2) is 4.20. The molecule has 1 heterocycles. The molecule has 70 valence electrons. The first-order chi connectivity index (χ1) is 6.15. The molecule has 13 heavy (non-hydrogen) atoms. The number of hydrogen-bond donors (Lipinski definition) is 2. The first-order valence-electron chi connectivity index (χ1n) is 3.69. The molecule has 0 aliphatic carbocycles. The molecule has 5 heteroatoms.